The first-order valence-corrected chi connectivity index (χ1v) is 9.63. The molecule has 0 saturated heterocycles. The van der Waals surface area contributed by atoms with Gasteiger partial charge < -0.3 is 19.6 Å². The molecule has 0 aliphatic carbocycles. The largest absolute Gasteiger partial charge is 0.444 e. The molecule has 0 aliphatic heterocycles. The van der Waals surface area contributed by atoms with Crippen molar-refractivity contribution < 1.29 is 23.5 Å². The minimum absolute atomic E-state index is 0.000369. The average Bonchev–Trinajstić information content (AvgIpc) is 2.53. The van der Waals surface area contributed by atoms with Crippen molar-refractivity contribution in [2.75, 3.05) is 6.61 Å². The molecule has 1 aromatic rings. The summed E-state index contributed by atoms with van der Waals surface area (Å²) in [6.07, 6.45) is -0.269. The van der Waals surface area contributed by atoms with Crippen LogP contribution in [-0.4, -0.2) is 36.2 Å². The van der Waals surface area contributed by atoms with Crippen LogP contribution in [0.15, 0.2) is 18.2 Å². The van der Waals surface area contributed by atoms with Crippen LogP contribution in [0.5, 0.6) is 0 Å². The molecule has 1 aromatic carbocycles. The lowest BCUT2D eigenvalue weighted by molar-refractivity contribution is -0.116. The Morgan fingerprint density at radius 2 is 1.82 bits per heavy atom. The molecule has 5 nitrogen and oxygen atoms in total. The van der Waals surface area contributed by atoms with Crippen molar-refractivity contribution in [3.8, 4) is 0 Å². The van der Waals surface area contributed by atoms with E-state index in [1.807, 2.05) is 13.8 Å². The van der Waals surface area contributed by atoms with Gasteiger partial charge in [-0.15, -0.1) is 0 Å². The second-order valence-corrected chi connectivity index (χ2v) is 8.95. The van der Waals surface area contributed by atoms with Crippen LogP contribution in [-0.2, 0) is 14.3 Å². The van der Waals surface area contributed by atoms with Crippen LogP contribution in [0.2, 0.25) is 0 Å². The number of hydrogen-bond acceptors (Lipinski definition) is 4. The zero-order valence-electron chi connectivity index (χ0n) is 18.3. The van der Waals surface area contributed by atoms with E-state index in [4.69, 9.17) is 9.47 Å². The standard InChI is InChI=1S/C22H34FNO4/c1-14(2)19(18-10-9-17(23)11-15(18)3)16(4)27-13-22(8,12-25)24-20(26)28-21(5,6)7/h9-12,14,16,19H,13H2,1-8H3,(H,24,26)/t16-,19-,22-/m1/s1. The molecule has 0 fully saturated rings. The van der Waals surface area contributed by atoms with Crippen LogP contribution >= 0.6 is 0 Å². The number of alkyl carbamates (subject to hydrolysis) is 1. The highest BCUT2D eigenvalue weighted by Gasteiger charge is 2.32. The molecule has 158 valence electrons. The van der Waals surface area contributed by atoms with Crippen molar-refractivity contribution in [2.24, 2.45) is 5.92 Å². The molecule has 6 heteroatoms. The molecule has 0 saturated carbocycles. The number of amides is 1. The maximum absolute atomic E-state index is 13.5. The monoisotopic (exact) mass is 395 g/mol. The SMILES string of the molecule is Cc1cc(F)ccc1[C@H](C(C)C)[C@@H](C)OC[C@@](C)(C=O)NC(=O)OC(C)(C)C. The summed E-state index contributed by atoms with van der Waals surface area (Å²) in [5, 5.41) is 2.58. The Morgan fingerprint density at radius 1 is 1.21 bits per heavy atom. The molecule has 0 unspecified atom stereocenters. The van der Waals surface area contributed by atoms with Crippen LogP contribution in [0.4, 0.5) is 9.18 Å². The van der Waals surface area contributed by atoms with E-state index in [1.54, 1.807) is 33.8 Å². The Labute approximate surface area is 168 Å². The smallest absolute Gasteiger partial charge is 0.408 e. The van der Waals surface area contributed by atoms with Gasteiger partial charge in [0.25, 0.3) is 0 Å². The summed E-state index contributed by atoms with van der Waals surface area (Å²) in [6, 6.07) is 4.74. The lowest BCUT2D eigenvalue weighted by Gasteiger charge is -2.33. The van der Waals surface area contributed by atoms with E-state index >= 15 is 0 Å². The Bertz CT molecular complexity index is 684. The van der Waals surface area contributed by atoms with Gasteiger partial charge in [0.05, 0.1) is 12.7 Å². The minimum atomic E-state index is -1.21. The van der Waals surface area contributed by atoms with Gasteiger partial charge in [0.15, 0.2) is 0 Å². The van der Waals surface area contributed by atoms with Gasteiger partial charge >= 0.3 is 6.09 Å². The van der Waals surface area contributed by atoms with Gasteiger partial charge in [-0.1, -0.05) is 19.9 Å². The van der Waals surface area contributed by atoms with E-state index in [2.05, 4.69) is 19.2 Å². The number of aryl methyl sites for hydroxylation is 1. The fourth-order valence-electron chi connectivity index (χ4n) is 3.21. The second kappa shape index (κ2) is 9.50. The van der Waals surface area contributed by atoms with Gasteiger partial charge in [-0.25, -0.2) is 9.18 Å². The number of hydrogen-bond donors (Lipinski definition) is 1. The van der Waals surface area contributed by atoms with Crippen LogP contribution in [0.25, 0.3) is 0 Å². The molecule has 1 rings (SSSR count). The van der Waals surface area contributed by atoms with Crippen LogP contribution < -0.4 is 5.32 Å². The lowest BCUT2D eigenvalue weighted by atomic mass is 9.82. The average molecular weight is 396 g/mol. The molecule has 0 spiro atoms. The minimum Gasteiger partial charge on any atom is -0.444 e. The molecular weight excluding hydrogens is 361 g/mol. The molecule has 0 heterocycles. The zero-order valence-corrected chi connectivity index (χ0v) is 18.3. The normalized spacial score (nSPS) is 16.2. The molecule has 0 radical (unpaired) electrons. The molecule has 1 N–H and O–H groups in total. The third kappa shape index (κ3) is 7.23. The Kier molecular flexibility index (Phi) is 8.17. The molecule has 1 amide bonds. The first kappa shape index (κ1) is 24.1. The molecule has 0 bridgehead atoms. The maximum Gasteiger partial charge on any atom is 0.408 e. The summed E-state index contributed by atoms with van der Waals surface area (Å²) >= 11 is 0. The van der Waals surface area contributed by atoms with Crippen molar-refractivity contribution >= 4 is 12.4 Å². The van der Waals surface area contributed by atoms with Gasteiger partial charge in [0.1, 0.15) is 23.2 Å². The number of aldehydes is 1. The first-order valence-electron chi connectivity index (χ1n) is 9.63. The Morgan fingerprint density at radius 3 is 2.29 bits per heavy atom. The van der Waals surface area contributed by atoms with Crippen molar-refractivity contribution in [2.45, 2.75) is 78.6 Å². The summed E-state index contributed by atoms with van der Waals surface area (Å²) in [5.74, 6) is -0.0223. The maximum atomic E-state index is 13.5. The van der Waals surface area contributed by atoms with E-state index in [0.29, 0.717) is 6.29 Å². The summed E-state index contributed by atoms with van der Waals surface area (Å²) in [6.45, 7) is 14.8. The predicted octanol–water partition coefficient (Wildman–Crippen LogP) is 4.76. The number of ether oxygens (including phenoxy) is 2. The molecule has 28 heavy (non-hydrogen) atoms. The van der Waals surface area contributed by atoms with Crippen molar-refractivity contribution in [1.29, 1.82) is 0 Å². The third-order valence-electron chi connectivity index (χ3n) is 4.51. The summed E-state index contributed by atoms with van der Waals surface area (Å²) in [5.41, 5.74) is -0.00288. The Hall–Kier alpha value is -1.95. The number of rotatable bonds is 8. The zero-order chi connectivity index (χ0) is 21.7. The quantitative estimate of drug-likeness (QED) is 0.645. The molecule has 0 aliphatic rings. The summed E-state index contributed by atoms with van der Waals surface area (Å²) < 4.78 is 24.7. The number of halogens is 1. The summed E-state index contributed by atoms with van der Waals surface area (Å²) in [7, 11) is 0. The predicted molar refractivity (Wildman–Crippen MR) is 108 cm³/mol. The second-order valence-electron chi connectivity index (χ2n) is 8.95. The van der Waals surface area contributed by atoms with Crippen molar-refractivity contribution in [1.82, 2.24) is 5.32 Å². The topological polar surface area (TPSA) is 64.6 Å². The van der Waals surface area contributed by atoms with Crippen molar-refractivity contribution in [3.63, 3.8) is 0 Å². The summed E-state index contributed by atoms with van der Waals surface area (Å²) in [4.78, 5) is 23.6. The van der Waals surface area contributed by atoms with Crippen LogP contribution in [0, 0.1) is 18.7 Å². The van der Waals surface area contributed by atoms with E-state index in [0.717, 1.165) is 11.1 Å². The van der Waals surface area contributed by atoms with Gasteiger partial charge in [-0.3, -0.25) is 0 Å². The van der Waals surface area contributed by atoms with Gasteiger partial charge in [0, 0.05) is 5.92 Å². The fraction of sp³-hybridized carbons (Fsp3) is 0.636. The number of carbonyl (C=O) groups is 2. The number of carbonyl (C=O) groups excluding carboxylic acids is 2. The van der Waals surface area contributed by atoms with Crippen LogP contribution in [0.1, 0.15) is 65.5 Å². The first-order chi connectivity index (χ1) is 12.8. The van der Waals surface area contributed by atoms with Crippen molar-refractivity contribution in [3.05, 3.63) is 35.1 Å². The van der Waals surface area contributed by atoms with Gasteiger partial charge in [0.2, 0.25) is 0 Å². The lowest BCUT2D eigenvalue weighted by Crippen LogP contribution is -2.53. The highest BCUT2D eigenvalue weighted by atomic mass is 19.1. The van der Waals surface area contributed by atoms with Gasteiger partial charge in [-0.2, -0.15) is 0 Å². The molecule has 3 atom stereocenters. The van der Waals surface area contributed by atoms with E-state index in [-0.39, 0.29) is 30.4 Å². The van der Waals surface area contributed by atoms with E-state index < -0.39 is 17.2 Å². The highest BCUT2D eigenvalue weighted by Crippen LogP contribution is 2.32. The van der Waals surface area contributed by atoms with Crippen LogP contribution in [0.3, 0.4) is 0 Å². The molecule has 0 aromatic heterocycles. The Balaban J connectivity index is 2.88. The molecular formula is C22H34FNO4. The number of benzene rings is 1. The van der Waals surface area contributed by atoms with E-state index in [9.17, 15) is 14.0 Å². The fourth-order valence-corrected chi connectivity index (χ4v) is 3.21. The van der Waals surface area contributed by atoms with Gasteiger partial charge in [-0.05, 0) is 70.7 Å². The third-order valence-corrected chi connectivity index (χ3v) is 4.51. The van der Waals surface area contributed by atoms with E-state index in [1.165, 1.54) is 12.1 Å². The highest BCUT2D eigenvalue weighted by molar-refractivity contribution is 5.76. The number of nitrogens with one attached hydrogen (secondary N) is 1.